The molecule has 4 nitrogen and oxygen atoms in total. The average Bonchev–Trinajstić information content (AvgIpc) is 2.83. The molecule has 1 aromatic carbocycles. The molecule has 0 atom stereocenters. The first-order chi connectivity index (χ1) is 8.24. The van der Waals surface area contributed by atoms with Crippen molar-refractivity contribution in [3.05, 3.63) is 52.8 Å². The number of aromatic amines is 1. The van der Waals surface area contributed by atoms with E-state index in [9.17, 15) is 9.18 Å². The molecule has 0 aliphatic carbocycles. The zero-order chi connectivity index (χ0) is 11.8. The van der Waals surface area contributed by atoms with Crippen LogP contribution in [0.1, 0.15) is 0 Å². The molecule has 0 bridgehead atoms. The van der Waals surface area contributed by atoms with Crippen LogP contribution in [0.4, 0.5) is 4.39 Å². The van der Waals surface area contributed by atoms with Crippen LogP contribution in [0.2, 0.25) is 0 Å². The van der Waals surface area contributed by atoms with Crippen LogP contribution < -0.4 is 5.56 Å². The predicted molar refractivity (Wildman–Crippen MR) is 60.0 cm³/mol. The minimum Gasteiger partial charge on any atom is -0.461 e. The van der Waals surface area contributed by atoms with Gasteiger partial charge in [0, 0.05) is 0 Å². The fraction of sp³-hybridized carbons (Fsp3) is 0. The van der Waals surface area contributed by atoms with Gasteiger partial charge in [0.15, 0.2) is 11.6 Å². The van der Waals surface area contributed by atoms with Crippen molar-refractivity contribution in [1.29, 1.82) is 0 Å². The first-order valence-corrected chi connectivity index (χ1v) is 4.97. The second-order valence-corrected chi connectivity index (χ2v) is 3.55. The van der Waals surface area contributed by atoms with Crippen LogP contribution in [0.25, 0.3) is 22.5 Å². The van der Waals surface area contributed by atoms with E-state index in [2.05, 4.69) is 9.97 Å². The normalized spacial score (nSPS) is 10.9. The van der Waals surface area contributed by atoms with Gasteiger partial charge in [-0.3, -0.25) is 4.79 Å². The third kappa shape index (κ3) is 1.61. The number of hydrogen-bond acceptors (Lipinski definition) is 3. The fourth-order valence-electron chi connectivity index (χ4n) is 1.64. The lowest BCUT2D eigenvalue weighted by Crippen LogP contribution is -2.09. The van der Waals surface area contributed by atoms with E-state index in [0.29, 0.717) is 17.1 Å². The summed E-state index contributed by atoms with van der Waals surface area (Å²) in [6.45, 7) is 0. The van der Waals surface area contributed by atoms with E-state index >= 15 is 0 Å². The second-order valence-electron chi connectivity index (χ2n) is 3.55. The van der Waals surface area contributed by atoms with Crippen LogP contribution in [0.3, 0.4) is 0 Å². The van der Waals surface area contributed by atoms with Crippen molar-refractivity contribution >= 4 is 10.9 Å². The van der Waals surface area contributed by atoms with E-state index in [1.54, 1.807) is 12.1 Å². The molecule has 0 fully saturated rings. The maximum atomic E-state index is 13.0. The summed E-state index contributed by atoms with van der Waals surface area (Å²) in [6.07, 6.45) is 1.49. The van der Waals surface area contributed by atoms with Gasteiger partial charge in [-0.1, -0.05) is 0 Å². The van der Waals surface area contributed by atoms with Gasteiger partial charge in [-0.15, -0.1) is 0 Å². The lowest BCUT2D eigenvalue weighted by molar-refractivity contribution is 0.577. The summed E-state index contributed by atoms with van der Waals surface area (Å²) in [6, 6.07) is 7.28. The Kier molecular flexibility index (Phi) is 2.04. The Morgan fingerprint density at radius 1 is 1.29 bits per heavy atom. The van der Waals surface area contributed by atoms with E-state index < -0.39 is 5.82 Å². The second kappa shape index (κ2) is 3.55. The monoisotopic (exact) mass is 230 g/mol. The van der Waals surface area contributed by atoms with Crippen molar-refractivity contribution in [3.63, 3.8) is 0 Å². The van der Waals surface area contributed by atoms with Crippen LogP contribution >= 0.6 is 0 Å². The van der Waals surface area contributed by atoms with E-state index in [1.165, 1.54) is 18.4 Å². The first-order valence-electron chi connectivity index (χ1n) is 4.97. The molecule has 0 amide bonds. The number of fused-ring (bicyclic) bond motifs is 1. The molecule has 0 spiro atoms. The summed E-state index contributed by atoms with van der Waals surface area (Å²) in [5.41, 5.74) is 0.0439. The number of hydrogen-bond donors (Lipinski definition) is 1. The Hall–Kier alpha value is -2.43. The highest BCUT2D eigenvalue weighted by Gasteiger charge is 2.08. The molecule has 17 heavy (non-hydrogen) atoms. The van der Waals surface area contributed by atoms with Crippen molar-refractivity contribution in [2.24, 2.45) is 0 Å². The smallest absolute Gasteiger partial charge is 0.259 e. The van der Waals surface area contributed by atoms with Crippen LogP contribution in [0.15, 0.2) is 45.8 Å². The van der Waals surface area contributed by atoms with E-state index in [-0.39, 0.29) is 10.9 Å². The SMILES string of the molecule is O=c1[nH]c(-c2ccco2)nc2ccc(F)cc12. The molecule has 84 valence electrons. The molecule has 5 heteroatoms. The lowest BCUT2D eigenvalue weighted by Gasteiger charge is -2.00. The van der Waals surface area contributed by atoms with Gasteiger partial charge < -0.3 is 9.40 Å². The summed E-state index contributed by atoms with van der Waals surface area (Å²) in [5.74, 6) is 0.336. The van der Waals surface area contributed by atoms with Crippen molar-refractivity contribution in [3.8, 4) is 11.6 Å². The fourth-order valence-corrected chi connectivity index (χ4v) is 1.64. The number of benzene rings is 1. The van der Waals surface area contributed by atoms with E-state index in [1.807, 2.05) is 0 Å². The molecule has 2 aromatic heterocycles. The summed E-state index contributed by atoms with van der Waals surface area (Å²) in [5, 5.41) is 0.223. The van der Waals surface area contributed by atoms with Crippen LogP contribution in [-0.2, 0) is 0 Å². The predicted octanol–water partition coefficient (Wildman–Crippen LogP) is 2.32. The molecule has 0 radical (unpaired) electrons. The molecule has 3 rings (SSSR count). The number of furan rings is 1. The highest BCUT2D eigenvalue weighted by atomic mass is 19.1. The number of aromatic nitrogens is 2. The molecule has 0 unspecified atom stereocenters. The van der Waals surface area contributed by atoms with Crippen LogP contribution in [-0.4, -0.2) is 9.97 Å². The number of halogens is 1. The summed E-state index contributed by atoms with van der Waals surface area (Å²) < 4.78 is 18.1. The van der Waals surface area contributed by atoms with Gasteiger partial charge in [0.05, 0.1) is 17.2 Å². The van der Waals surface area contributed by atoms with Crippen molar-refractivity contribution in [2.45, 2.75) is 0 Å². The van der Waals surface area contributed by atoms with Crippen molar-refractivity contribution < 1.29 is 8.81 Å². The Morgan fingerprint density at radius 2 is 2.18 bits per heavy atom. The number of H-pyrrole nitrogens is 1. The topological polar surface area (TPSA) is 58.9 Å². The molecule has 2 heterocycles. The first kappa shape index (κ1) is 9.77. The molecule has 0 saturated carbocycles. The summed E-state index contributed by atoms with van der Waals surface area (Å²) >= 11 is 0. The van der Waals surface area contributed by atoms with E-state index in [0.717, 1.165) is 6.07 Å². The van der Waals surface area contributed by atoms with Gasteiger partial charge in [0.1, 0.15) is 5.82 Å². The van der Waals surface area contributed by atoms with Gasteiger partial charge in [-0.2, -0.15) is 0 Å². The molecular formula is C12H7FN2O2. The zero-order valence-electron chi connectivity index (χ0n) is 8.61. The summed E-state index contributed by atoms with van der Waals surface area (Å²) in [7, 11) is 0. The Morgan fingerprint density at radius 3 is 2.94 bits per heavy atom. The minimum absolute atomic E-state index is 0.223. The van der Waals surface area contributed by atoms with E-state index in [4.69, 9.17) is 4.42 Å². The van der Waals surface area contributed by atoms with Crippen LogP contribution in [0.5, 0.6) is 0 Å². The maximum absolute atomic E-state index is 13.0. The van der Waals surface area contributed by atoms with Gasteiger partial charge in [0.25, 0.3) is 5.56 Å². The van der Waals surface area contributed by atoms with Gasteiger partial charge in [-0.25, -0.2) is 9.37 Å². The van der Waals surface area contributed by atoms with Gasteiger partial charge >= 0.3 is 0 Å². The zero-order valence-corrected chi connectivity index (χ0v) is 8.61. The average molecular weight is 230 g/mol. The lowest BCUT2D eigenvalue weighted by atomic mass is 10.2. The Labute approximate surface area is 94.7 Å². The van der Waals surface area contributed by atoms with Crippen LogP contribution in [0, 0.1) is 5.82 Å². The molecule has 3 aromatic rings. The quantitative estimate of drug-likeness (QED) is 0.697. The number of nitrogens with one attached hydrogen (secondary N) is 1. The van der Waals surface area contributed by atoms with Gasteiger partial charge in [-0.05, 0) is 30.3 Å². The highest BCUT2D eigenvalue weighted by Crippen LogP contribution is 2.16. The minimum atomic E-state index is -0.462. The Bertz CT molecular complexity index is 732. The molecule has 1 N–H and O–H groups in total. The number of nitrogens with zero attached hydrogens (tertiary/aromatic N) is 1. The highest BCUT2D eigenvalue weighted by molar-refractivity contribution is 5.78. The molecule has 0 saturated heterocycles. The largest absolute Gasteiger partial charge is 0.461 e. The maximum Gasteiger partial charge on any atom is 0.259 e. The third-order valence-corrected chi connectivity index (χ3v) is 2.42. The third-order valence-electron chi connectivity index (χ3n) is 2.42. The molecule has 0 aliphatic rings. The molecular weight excluding hydrogens is 223 g/mol. The van der Waals surface area contributed by atoms with Gasteiger partial charge in [0.2, 0.25) is 0 Å². The number of rotatable bonds is 1. The standard InChI is InChI=1S/C12H7FN2O2/c13-7-3-4-9-8(6-7)12(16)15-11(14-9)10-2-1-5-17-10/h1-6H,(H,14,15,16). The van der Waals surface area contributed by atoms with Crippen molar-refractivity contribution in [2.75, 3.05) is 0 Å². The Balaban J connectivity index is 2.32. The molecule has 0 aliphatic heterocycles. The van der Waals surface area contributed by atoms with Crippen molar-refractivity contribution in [1.82, 2.24) is 9.97 Å². The summed E-state index contributed by atoms with van der Waals surface area (Å²) in [4.78, 5) is 18.5.